The number of nitrogens with one attached hydrogen (secondary N) is 1. The molecule has 0 radical (unpaired) electrons. The summed E-state index contributed by atoms with van der Waals surface area (Å²) in [4.78, 5) is 80.3. The van der Waals surface area contributed by atoms with Gasteiger partial charge in [-0.25, -0.2) is 14.8 Å². The maximum atomic E-state index is 13.4. The number of carbonyl (C=O) groups excluding carboxylic acids is 4. The molecule has 20 heteroatoms. The zero-order valence-corrected chi connectivity index (χ0v) is 41.4. The van der Waals surface area contributed by atoms with Gasteiger partial charge in [0.1, 0.15) is 18.4 Å². The van der Waals surface area contributed by atoms with Crippen molar-refractivity contribution in [3.8, 4) is 11.8 Å². The number of rotatable bonds is 11. The second-order valence-electron chi connectivity index (χ2n) is 20.4. The Bertz CT molecular complexity index is 2800. The summed E-state index contributed by atoms with van der Waals surface area (Å²) < 4.78 is 37.9. The van der Waals surface area contributed by atoms with Gasteiger partial charge in [0.25, 0.3) is 11.8 Å². The number of nitriles is 1. The maximum absolute atomic E-state index is 13.4. The molecule has 16 nitrogen and oxygen atoms in total. The van der Waals surface area contributed by atoms with Gasteiger partial charge in [0.15, 0.2) is 0 Å². The number of aliphatic carboxylic acids is 1. The van der Waals surface area contributed by atoms with Crippen molar-refractivity contribution in [3.05, 3.63) is 111 Å². The van der Waals surface area contributed by atoms with Crippen LogP contribution in [0.3, 0.4) is 0 Å². The zero-order valence-electron chi connectivity index (χ0n) is 40.6. The van der Waals surface area contributed by atoms with Crippen LogP contribution in [-0.2, 0) is 26.4 Å². The summed E-state index contributed by atoms with van der Waals surface area (Å²) in [6.07, 6.45) is 1.57. The molecule has 5 fully saturated rings. The largest absolute Gasteiger partial charge is 0.490 e. The number of carbonyl (C=O) groups is 5. The first-order valence-electron chi connectivity index (χ1n) is 24.7. The summed E-state index contributed by atoms with van der Waals surface area (Å²) in [6.45, 7) is 14.0. The van der Waals surface area contributed by atoms with Gasteiger partial charge < -0.3 is 24.5 Å². The van der Waals surface area contributed by atoms with Crippen molar-refractivity contribution in [1.29, 1.82) is 5.26 Å². The molecule has 5 saturated heterocycles. The molecule has 6 aliphatic rings. The van der Waals surface area contributed by atoms with E-state index in [1.165, 1.54) is 12.8 Å². The van der Waals surface area contributed by atoms with Crippen molar-refractivity contribution in [2.45, 2.75) is 82.7 Å². The van der Waals surface area contributed by atoms with Gasteiger partial charge in [-0.2, -0.15) is 18.4 Å². The van der Waals surface area contributed by atoms with Crippen LogP contribution in [0, 0.1) is 29.1 Å². The Hall–Kier alpha value is -6.62. The standard InChI is InChI=1S/C51H56ClN9O5.C2HF3O2/c1-51(2,37-21-33(25-53)22-38(52)23-37)36-3-6-42(7-4-36)66-31-39-11-16-54-50(55-39)60-29-34-27-59(28-35(34)30-60)40-14-17-57(18-15-40)26-32-12-19-58(20-13-32)41-5-8-43-44(24-41)49(65)61(48(43)64)45-9-10-46(62)56-47(45)63;3-2(4,5)1(6)7/h3-8,11,16,21-24,32,34-35,40,45H,9-10,12-15,17-20,26-31H2,1-2H3,(H,56,62,63);(H,6,7). The van der Waals surface area contributed by atoms with E-state index < -0.39 is 35.9 Å². The highest BCUT2D eigenvalue weighted by atomic mass is 35.5. The minimum atomic E-state index is -5.08. The van der Waals surface area contributed by atoms with Gasteiger partial charge in [0.05, 0.1) is 28.5 Å². The van der Waals surface area contributed by atoms with Crippen LogP contribution >= 0.6 is 11.6 Å². The van der Waals surface area contributed by atoms with E-state index >= 15 is 0 Å². The van der Waals surface area contributed by atoms with Crippen molar-refractivity contribution >= 4 is 52.8 Å². The number of hydrogen-bond donors (Lipinski definition) is 2. The number of fused-ring (bicyclic) bond motifs is 2. The Labute approximate surface area is 426 Å². The Balaban J connectivity index is 0.000000875. The number of benzene rings is 3. The van der Waals surface area contributed by atoms with E-state index in [-0.39, 0.29) is 24.2 Å². The molecule has 3 atom stereocenters. The minimum absolute atomic E-state index is 0.104. The van der Waals surface area contributed by atoms with E-state index in [2.05, 4.69) is 61.9 Å². The third kappa shape index (κ3) is 11.3. The summed E-state index contributed by atoms with van der Waals surface area (Å²) >= 11 is 6.32. The third-order valence-corrected chi connectivity index (χ3v) is 15.7. The number of carboxylic acids is 1. The lowest BCUT2D eigenvalue weighted by atomic mass is 9.78. The van der Waals surface area contributed by atoms with Crippen molar-refractivity contribution in [3.63, 3.8) is 0 Å². The lowest BCUT2D eigenvalue weighted by Gasteiger charge is -2.40. The second-order valence-corrected chi connectivity index (χ2v) is 20.9. The molecule has 384 valence electrons. The van der Waals surface area contributed by atoms with Crippen molar-refractivity contribution in [2.75, 3.05) is 68.7 Å². The Morgan fingerprint density at radius 1 is 0.836 bits per heavy atom. The highest BCUT2D eigenvalue weighted by molar-refractivity contribution is 6.30. The van der Waals surface area contributed by atoms with E-state index in [4.69, 9.17) is 31.2 Å². The molecule has 2 N–H and O–H groups in total. The summed E-state index contributed by atoms with van der Waals surface area (Å²) in [5, 5.41) is 19.4. The van der Waals surface area contributed by atoms with E-state index in [0.717, 1.165) is 111 Å². The number of imide groups is 2. The number of hydrogen-bond acceptors (Lipinski definition) is 13. The normalized spacial score (nSPS) is 22.2. The minimum Gasteiger partial charge on any atom is -0.487 e. The molecule has 3 unspecified atom stereocenters. The number of piperidine rings is 3. The van der Waals surface area contributed by atoms with Crippen LogP contribution in [0.1, 0.15) is 95.5 Å². The molecular formula is C53H57ClF3N9O7. The van der Waals surface area contributed by atoms with Gasteiger partial charge in [-0.1, -0.05) is 37.6 Å². The molecule has 3 aromatic carbocycles. The Morgan fingerprint density at radius 3 is 2.15 bits per heavy atom. The lowest BCUT2D eigenvalue weighted by Crippen LogP contribution is -2.54. The van der Waals surface area contributed by atoms with Crippen LogP contribution in [0.25, 0.3) is 0 Å². The average molecular weight is 1020 g/mol. The number of aromatic nitrogens is 2. The van der Waals surface area contributed by atoms with Crippen LogP contribution in [-0.4, -0.2) is 137 Å². The predicted octanol–water partition coefficient (Wildman–Crippen LogP) is 6.69. The van der Waals surface area contributed by atoms with Gasteiger partial charge in [0.2, 0.25) is 17.8 Å². The van der Waals surface area contributed by atoms with E-state index in [1.807, 2.05) is 42.6 Å². The number of halogens is 4. The van der Waals surface area contributed by atoms with Gasteiger partial charge >= 0.3 is 12.1 Å². The molecule has 6 aliphatic heterocycles. The number of amides is 4. The number of nitrogens with zero attached hydrogens (tertiary/aromatic N) is 8. The van der Waals surface area contributed by atoms with E-state index in [1.54, 1.807) is 18.2 Å². The quantitative estimate of drug-likeness (QED) is 0.151. The molecular weight excluding hydrogens is 967 g/mol. The van der Waals surface area contributed by atoms with Crippen LogP contribution in [0.2, 0.25) is 5.02 Å². The van der Waals surface area contributed by atoms with Gasteiger partial charge in [-0.3, -0.25) is 34.3 Å². The summed E-state index contributed by atoms with van der Waals surface area (Å²) in [7, 11) is 0. The Kier molecular flexibility index (Phi) is 14.8. The molecule has 10 rings (SSSR count). The molecule has 0 spiro atoms. The molecule has 4 aromatic rings. The van der Waals surface area contributed by atoms with E-state index in [0.29, 0.717) is 52.1 Å². The van der Waals surface area contributed by atoms with Crippen molar-refractivity contribution in [2.24, 2.45) is 17.8 Å². The highest BCUT2D eigenvalue weighted by Gasteiger charge is 2.46. The summed E-state index contributed by atoms with van der Waals surface area (Å²) in [5.41, 5.74) is 4.71. The topological polar surface area (TPSA) is 193 Å². The molecule has 0 aliphatic carbocycles. The highest BCUT2D eigenvalue weighted by Crippen LogP contribution is 2.38. The van der Waals surface area contributed by atoms with Crippen LogP contribution in [0.4, 0.5) is 24.8 Å². The smallest absolute Gasteiger partial charge is 0.487 e. The number of ether oxygens (including phenoxy) is 1. The zero-order chi connectivity index (χ0) is 51.8. The molecule has 4 amide bonds. The predicted molar refractivity (Wildman–Crippen MR) is 263 cm³/mol. The number of anilines is 2. The Morgan fingerprint density at radius 2 is 1.51 bits per heavy atom. The first-order chi connectivity index (χ1) is 34.8. The molecule has 0 bridgehead atoms. The molecule has 0 saturated carbocycles. The fourth-order valence-electron chi connectivity index (χ4n) is 11.3. The summed E-state index contributed by atoms with van der Waals surface area (Å²) in [6, 6.07) is 22.8. The first kappa shape index (κ1) is 51.3. The molecule has 1 aromatic heterocycles. The monoisotopic (exact) mass is 1020 g/mol. The molecule has 73 heavy (non-hydrogen) atoms. The van der Waals surface area contributed by atoms with Crippen LogP contribution in [0.5, 0.6) is 5.75 Å². The van der Waals surface area contributed by atoms with Crippen molar-refractivity contribution < 1.29 is 47.0 Å². The molecule has 7 heterocycles. The van der Waals surface area contributed by atoms with Crippen LogP contribution < -0.4 is 19.9 Å². The van der Waals surface area contributed by atoms with Gasteiger partial charge in [0, 0.05) is 80.6 Å². The average Bonchev–Trinajstić information content (AvgIpc) is 4.04. The fourth-order valence-corrected chi connectivity index (χ4v) is 11.5. The lowest BCUT2D eigenvalue weighted by molar-refractivity contribution is -0.192. The number of carboxylic acid groups (broad SMARTS) is 1. The maximum Gasteiger partial charge on any atom is 0.490 e. The summed E-state index contributed by atoms with van der Waals surface area (Å²) in [5.74, 6) is -1.26. The van der Waals surface area contributed by atoms with Crippen LogP contribution in [0.15, 0.2) is 72.9 Å². The fraction of sp³-hybridized carbons (Fsp3) is 0.472. The van der Waals surface area contributed by atoms with E-state index in [9.17, 15) is 37.6 Å². The van der Waals surface area contributed by atoms with Gasteiger partial charge in [-0.05, 0) is 129 Å². The number of likely N-dealkylation sites (tertiary alicyclic amines) is 2. The third-order valence-electron chi connectivity index (χ3n) is 15.4. The second kappa shape index (κ2) is 21.1. The van der Waals surface area contributed by atoms with Gasteiger partial charge in [-0.15, -0.1) is 0 Å². The number of alkyl halides is 3. The van der Waals surface area contributed by atoms with Crippen molar-refractivity contribution in [1.82, 2.24) is 30.0 Å². The SMILES string of the molecule is CC(C)(c1ccc(OCc2ccnc(N3CC4CN(C5CCN(CC6CCN(c7ccc8c(c7)C(=O)N(C7CCC(=O)NC7=O)C8=O)CC6)CC5)CC4C3)n2)cc1)c1cc(Cl)cc(C#N)c1.O=C(O)C(F)(F)F. The first-order valence-corrected chi connectivity index (χ1v) is 25.1.